The minimum atomic E-state index is -4.61. The highest BCUT2D eigenvalue weighted by atomic mass is 32.2. The number of benzene rings is 2. The van der Waals surface area contributed by atoms with Crippen LogP contribution in [0.4, 0.5) is 13.2 Å². The summed E-state index contributed by atoms with van der Waals surface area (Å²) < 4.78 is 50.9. The van der Waals surface area contributed by atoms with Crippen molar-refractivity contribution in [1.29, 1.82) is 0 Å². The summed E-state index contributed by atoms with van der Waals surface area (Å²) in [7, 11) is -2.54. The fourth-order valence-corrected chi connectivity index (χ4v) is 3.31. The largest absolute Gasteiger partial charge is 0.493 e. The second kappa shape index (κ2) is 12.9. The van der Waals surface area contributed by atoms with Crippen molar-refractivity contribution in [1.82, 2.24) is 0 Å². The molecule has 0 aromatic heterocycles. The fourth-order valence-electron chi connectivity index (χ4n) is 2.52. The highest BCUT2D eigenvalue weighted by Crippen LogP contribution is 2.37. The fraction of sp³-hybridized carbons (Fsp3) is 0.300. The van der Waals surface area contributed by atoms with Crippen molar-refractivity contribution < 1.29 is 32.2 Å². The molecule has 0 fully saturated rings. The van der Waals surface area contributed by atoms with Gasteiger partial charge in [0.15, 0.2) is 0 Å². The Balaban J connectivity index is 2.15. The summed E-state index contributed by atoms with van der Waals surface area (Å²) in [5.74, 6) is -0.259. The minimum absolute atomic E-state index is 0.101. The molecule has 0 saturated heterocycles. The molecular formula is C20H23F3N3O4PS. The molecule has 12 heteroatoms. The number of hydrogen-bond donors (Lipinski definition) is 3. The molecule has 0 aliphatic rings. The van der Waals surface area contributed by atoms with Crippen molar-refractivity contribution in [3.8, 4) is 5.75 Å². The van der Waals surface area contributed by atoms with Crippen LogP contribution in [0.15, 0.2) is 58.7 Å². The van der Waals surface area contributed by atoms with Crippen LogP contribution in [0.1, 0.15) is 16.7 Å². The first kappa shape index (κ1) is 26.2. The summed E-state index contributed by atoms with van der Waals surface area (Å²) in [4.78, 5) is 17.4. The van der Waals surface area contributed by atoms with E-state index in [-0.39, 0.29) is 29.6 Å². The van der Waals surface area contributed by atoms with Gasteiger partial charge in [-0.15, -0.1) is 16.9 Å². The molecule has 7 nitrogen and oxygen atoms in total. The van der Waals surface area contributed by atoms with Crippen LogP contribution in [0.5, 0.6) is 5.75 Å². The lowest BCUT2D eigenvalue weighted by molar-refractivity contribution is -0.138. The molecule has 2 aromatic carbocycles. The highest BCUT2D eigenvalue weighted by molar-refractivity contribution is 8.13. The monoisotopic (exact) mass is 489 g/mol. The highest BCUT2D eigenvalue weighted by Gasteiger charge is 2.35. The van der Waals surface area contributed by atoms with Crippen LogP contribution in [0.3, 0.4) is 0 Å². The first-order valence-electron chi connectivity index (χ1n) is 9.30. The number of nitrogens with two attached hydrogens (primary N) is 1. The molecule has 32 heavy (non-hydrogen) atoms. The van der Waals surface area contributed by atoms with Crippen molar-refractivity contribution in [2.45, 2.75) is 18.6 Å². The summed E-state index contributed by atoms with van der Waals surface area (Å²) in [6.07, 6.45) is -1.29. The number of halogens is 3. The van der Waals surface area contributed by atoms with Gasteiger partial charge >= 0.3 is 14.8 Å². The number of hydrogen-bond acceptors (Lipinski definition) is 8. The van der Waals surface area contributed by atoms with E-state index in [2.05, 4.69) is 14.7 Å². The van der Waals surface area contributed by atoms with Crippen molar-refractivity contribution in [3.05, 3.63) is 65.2 Å². The van der Waals surface area contributed by atoms with Crippen molar-refractivity contribution in [3.63, 3.8) is 0 Å². The second-order valence-electron chi connectivity index (χ2n) is 6.38. The van der Waals surface area contributed by atoms with E-state index in [1.165, 1.54) is 18.3 Å². The summed E-state index contributed by atoms with van der Waals surface area (Å²) in [5, 5.41) is 7.92. The Kier molecular flexibility index (Phi) is 10.6. The van der Waals surface area contributed by atoms with Gasteiger partial charge in [-0.1, -0.05) is 30.3 Å². The van der Waals surface area contributed by atoms with E-state index >= 15 is 0 Å². The average molecular weight is 489 g/mol. The van der Waals surface area contributed by atoms with Gasteiger partial charge in [-0.3, -0.25) is 0 Å². The standard InChI is InChI=1S/C20H23F3N3O4PS/c1-32-19(26-25-12-16(24)13-30-31(27)28)15-7-8-18(17(11-15)20(21,22)23)29-10-9-14-5-3-2-4-6-14/h2-8,11-12,16,27-28H,9-10,13,24H2,1H3/b25-12+,26-19-. The number of thioether (sulfide) groups is 1. The summed E-state index contributed by atoms with van der Waals surface area (Å²) in [5.41, 5.74) is 5.93. The normalized spacial score (nSPS) is 13.7. The molecular weight excluding hydrogens is 466 g/mol. The smallest absolute Gasteiger partial charge is 0.419 e. The van der Waals surface area contributed by atoms with Gasteiger partial charge in [0.2, 0.25) is 0 Å². The van der Waals surface area contributed by atoms with Crippen molar-refractivity contribution in [2.24, 2.45) is 15.9 Å². The molecule has 0 aliphatic carbocycles. The Bertz CT molecular complexity index is 915. The van der Waals surface area contributed by atoms with Crippen LogP contribution in [0.25, 0.3) is 0 Å². The van der Waals surface area contributed by atoms with Crippen LogP contribution in [0.2, 0.25) is 0 Å². The van der Waals surface area contributed by atoms with Crippen LogP contribution in [0, 0.1) is 0 Å². The van der Waals surface area contributed by atoms with Gasteiger partial charge in [-0.05, 0) is 30.0 Å². The third-order valence-electron chi connectivity index (χ3n) is 4.01. The molecule has 0 radical (unpaired) electrons. The third-order valence-corrected chi connectivity index (χ3v) is 5.09. The molecule has 1 atom stereocenters. The number of alkyl halides is 3. The first-order chi connectivity index (χ1) is 15.2. The van der Waals surface area contributed by atoms with Crippen LogP contribution in [-0.2, 0) is 17.1 Å². The van der Waals surface area contributed by atoms with Gasteiger partial charge in [0.1, 0.15) is 10.8 Å². The maximum Gasteiger partial charge on any atom is 0.419 e. The van der Waals surface area contributed by atoms with Crippen LogP contribution in [-0.4, -0.2) is 46.6 Å². The molecule has 0 aliphatic heterocycles. The molecule has 0 spiro atoms. The van der Waals surface area contributed by atoms with Gasteiger partial charge < -0.3 is 24.8 Å². The molecule has 4 N–H and O–H groups in total. The van der Waals surface area contributed by atoms with E-state index in [1.54, 1.807) is 6.26 Å². The van der Waals surface area contributed by atoms with Gasteiger partial charge in [-0.25, -0.2) is 0 Å². The molecule has 174 valence electrons. The summed E-state index contributed by atoms with van der Waals surface area (Å²) >= 11 is 1.11. The molecule has 2 aromatic rings. The lowest BCUT2D eigenvalue weighted by Gasteiger charge is -2.15. The quantitative estimate of drug-likeness (QED) is 0.202. The van der Waals surface area contributed by atoms with E-state index in [1.807, 2.05) is 30.3 Å². The lowest BCUT2D eigenvalue weighted by Crippen LogP contribution is -2.26. The molecule has 2 rings (SSSR count). The topological polar surface area (TPSA) is 110 Å². The maximum atomic E-state index is 13.6. The van der Waals surface area contributed by atoms with E-state index < -0.39 is 26.4 Å². The molecule has 0 heterocycles. The van der Waals surface area contributed by atoms with Crippen LogP contribution < -0.4 is 10.5 Å². The first-order valence-corrected chi connectivity index (χ1v) is 11.7. The van der Waals surface area contributed by atoms with Gasteiger partial charge in [0.05, 0.1) is 24.8 Å². The number of ether oxygens (including phenoxy) is 1. The molecule has 1 unspecified atom stereocenters. The zero-order valence-electron chi connectivity index (χ0n) is 17.1. The van der Waals surface area contributed by atoms with Gasteiger partial charge in [0, 0.05) is 18.2 Å². The third kappa shape index (κ3) is 8.85. The second-order valence-corrected chi connectivity index (χ2v) is 7.94. The van der Waals surface area contributed by atoms with Crippen molar-refractivity contribution >= 4 is 31.6 Å². The van der Waals surface area contributed by atoms with E-state index in [0.29, 0.717) is 6.42 Å². The van der Waals surface area contributed by atoms with Crippen LogP contribution >= 0.6 is 20.4 Å². The Morgan fingerprint density at radius 1 is 1.22 bits per heavy atom. The van der Waals surface area contributed by atoms with E-state index in [4.69, 9.17) is 20.3 Å². The predicted octanol–water partition coefficient (Wildman–Crippen LogP) is 3.98. The van der Waals surface area contributed by atoms with E-state index in [0.717, 1.165) is 23.4 Å². The average Bonchev–Trinajstić information content (AvgIpc) is 2.75. The summed E-state index contributed by atoms with van der Waals surface area (Å²) in [6, 6.07) is 12.3. The van der Waals surface area contributed by atoms with Gasteiger partial charge in [-0.2, -0.15) is 18.3 Å². The Morgan fingerprint density at radius 3 is 2.56 bits per heavy atom. The number of nitrogens with zero attached hydrogens (tertiary/aromatic N) is 2. The Labute approximate surface area is 189 Å². The van der Waals surface area contributed by atoms with E-state index in [9.17, 15) is 13.2 Å². The molecule has 0 bridgehead atoms. The van der Waals surface area contributed by atoms with Gasteiger partial charge in [0.25, 0.3) is 0 Å². The number of rotatable bonds is 10. The Morgan fingerprint density at radius 2 is 1.94 bits per heavy atom. The SMILES string of the molecule is CS/C(=N\N=C\C(N)COP(O)O)c1ccc(OCCc2ccccc2)c(C(F)(F)F)c1. The zero-order valence-corrected chi connectivity index (χ0v) is 18.8. The zero-order chi connectivity index (χ0) is 23.6. The minimum Gasteiger partial charge on any atom is -0.493 e. The maximum absolute atomic E-state index is 13.6. The lowest BCUT2D eigenvalue weighted by atomic mass is 10.1. The predicted molar refractivity (Wildman–Crippen MR) is 121 cm³/mol. The molecule has 0 saturated carbocycles. The molecule has 0 amide bonds. The Hall–Kier alpha value is -2.01. The van der Waals surface area contributed by atoms with Crippen molar-refractivity contribution in [2.75, 3.05) is 19.5 Å². The summed E-state index contributed by atoms with van der Waals surface area (Å²) in [6.45, 7) is -0.0936.